The number of allylic oxidation sites excluding steroid dienone is 13. The first kappa shape index (κ1) is 26.2. The second-order valence-corrected chi connectivity index (χ2v) is 9.26. The van der Waals surface area contributed by atoms with Gasteiger partial charge in [-0.15, -0.1) is 0 Å². The number of aryl methyl sites for hydroxylation is 1. The van der Waals surface area contributed by atoms with Crippen LogP contribution in [0.4, 0.5) is 0 Å². The molecule has 1 aliphatic rings. The maximum absolute atomic E-state index is 4.66. The van der Waals surface area contributed by atoms with E-state index in [1.54, 1.807) is 0 Å². The van der Waals surface area contributed by atoms with Crippen molar-refractivity contribution >= 4 is 5.57 Å². The van der Waals surface area contributed by atoms with E-state index in [9.17, 15) is 0 Å². The summed E-state index contributed by atoms with van der Waals surface area (Å²) in [5.74, 6) is 0.618. The van der Waals surface area contributed by atoms with Crippen molar-refractivity contribution < 1.29 is 0 Å². The lowest BCUT2D eigenvalue weighted by atomic mass is 9.93. The molecule has 3 heteroatoms. The second-order valence-electron chi connectivity index (χ2n) is 9.26. The van der Waals surface area contributed by atoms with Gasteiger partial charge in [0.1, 0.15) is 0 Å². The number of pyridine rings is 1. The van der Waals surface area contributed by atoms with Crippen molar-refractivity contribution in [3.8, 4) is 11.4 Å². The van der Waals surface area contributed by atoms with Gasteiger partial charge in [-0.3, -0.25) is 10.1 Å². The van der Waals surface area contributed by atoms with Crippen LogP contribution in [-0.2, 0) is 0 Å². The largest absolute Gasteiger partial charge is 0.276 e. The fourth-order valence-electron chi connectivity index (χ4n) is 4.18. The molecule has 0 unspecified atom stereocenters. The highest BCUT2D eigenvalue weighted by Gasteiger charge is 2.13. The second kappa shape index (κ2) is 12.9. The molecule has 2 heterocycles. The zero-order valence-corrected chi connectivity index (χ0v) is 21.9. The number of aromatic amines is 1. The first-order valence-electron chi connectivity index (χ1n) is 12.7. The molecule has 0 radical (unpaired) electrons. The average molecular weight is 466 g/mol. The molecule has 0 aliphatic heterocycles. The van der Waals surface area contributed by atoms with Crippen LogP contribution >= 0.6 is 0 Å². The molecular weight excluding hydrogens is 426 g/mol. The normalized spacial score (nSPS) is 20.2. The van der Waals surface area contributed by atoms with Crippen LogP contribution in [0.1, 0.15) is 64.6 Å². The maximum Gasteiger partial charge on any atom is 0.0912 e. The fourth-order valence-corrected chi connectivity index (χ4v) is 4.18. The molecule has 182 valence electrons. The van der Waals surface area contributed by atoms with Crippen LogP contribution in [0, 0.1) is 12.8 Å². The summed E-state index contributed by atoms with van der Waals surface area (Å²) in [6.07, 6.45) is 23.9. The molecule has 2 aromatic rings. The average Bonchev–Trinajstić information content (AvgIpc) is 3.33. The van der Waals surface area contributed by atoms with Crippen molar-refractivity contribution in [1.29, 1.82) is 0 Å². The van der Waals surface area contributed by atoms with Crippen LogP contribution in [0.15, 0.2) is 102 Å². The lowest BCUT2D eigenvalue weighted by Gasteiger charge is -2.13. The smallest absolute Gasteiger partial charge is 0.0912 e. The van der Waals surface area contributed by atoms with E-state index in [2.05, 4.69) is 98.1 Å². The van der Waals surface area contributed by atoms with E-state index in [-0.39, 0.29) is 0 Å². The molecule has 0 saturated heterocycles. The molecule has 1 atom stereocenters. The van der Waals surface area contributed by atoms with Gasteiger partial charge in [0.15, 0.2) is 0 Å². The molecule has 0 bridgehead atoms. The van der Waals surface area contributed by atoms with Gasteiger partial charge < -0.3 is 0 Å². The van der Waals surface area contributed by atoms with Gasteiger partial charge in [0.05, 0.1) is 17.6 Å². The van der Waals surface area contributed by atoms with E-state index < -0.39 is 0 Å². The Morgan fingerprint density at radius 1 is 1.17 bits per heavy atom. The molecule has 0 aromatic carbocycles. The van der Waals surface area contributed by atoms with Gasteiger partial charge in [-0.25, -0.2) is 0 Å². The Kier molecular flexibility index (Phi) is 9.60. The molecule has 0 saturated carbocycles. The lowest BCUT2D eigenvalue weighted by molar-refractivity contribution is 0.682. The number of H-pyrrole nitrogens is 1. The third kappa shape index (κ3) is 7.26. The minimum absolute atomic E-state index is 0.618. The van der Waals surface area contributed by atoms with E-state index in [4.69, 9.17) is 0 Å². The molecule has 35 heavy (non-hydrogen) atoms. The van der Waals surface area contributed by atoms with Crippen LogP contribution < -0.4 is 0 Å². The predicted molar refractivity (Wildman–Crippen MR) is 151 cm³/mol. The standard InChI is InChI=1S/C32H39N3/c1-7-12-27(19-23(4)8-2)20-26(9-3)21-29-15-11-14-28(18-17-24(29)5)30-22-33-35-32(30)31-16-10-13-25(6)34-31/h9-11,13-19,21-23H,5,7-8,12,20H2,1-4,6H3,(H,33,35)/b15-11+,18-17-,26-9-,27-19+,28-14-,29-21-/t23-/m1/s1. The molecule has 3 nitrogen and oxygen atoms in total. The Hall–Kier alpha value is -3.46. The summed E-state index contributed by atoms with van der Waals surface area (Å²) in [4.78, 5) is 4.66. The van der Waals surface area contributed by atoms with Gasteiger partial charge in [-0.1, -0.05) is 100 Å². The van der Waals surface area contributed by atoms with Crippen molar-refractivity contribution in [2.45, 2.75) is 60.3 Å². The minimum atomic E-state index is 0.618. The third-order valence-corrected chi connectivity index (χ3v) is 6.36. The third-order valence-electron chi connectivity index (χ3n) is 6.36. The Balaban J connectivity index is 1.87. The van der Waals surface area contributed by atoms with Crippen molar-refractivity contribution in [2.75, 3.05) is 0 Å². The number of rotatable bonds is 9. The summed E-state index contributed by atoms with van der Waals surface area (Å²) >= 11 is 0. The molecule has 0 fully saturated rings. The number of aromatic nitrogens is 3. The zero-order valence-electron chi connectivity index (χ0n) is 21.9. The van der Waals surface area contributed by atoms with E-state index in [0.29, 0.717) is 5.92 Å². The molecule has 0 spiro atoms. The van der Waals surface area contributed by atoms with Gasteiger partial charge in [0.2, 0.25) is 0 Å². The molecule has 0 amide bonds. The van der Waals surface area contributed by atoms with Crippen LogP contribution in [-0.4, -0.2) is 15.2 Å². The summed E-state index contributed by atoms with van der Waals surface area (Å²) in [5.41, 5.74) is 9.88. The summed E-state index contributed by atoms with van der Waals surface area (Å²) in [6, 6.07) is 6.03. The van der Waals surface area contributed by atoms with Crippen LogP contribution in [0.3, 0.4) is 0 Å². The molecular formula is C32H39N3. The van der Waals surface area contributed by atoms with Crippen molar-refractivity contribution in [1.82, 2.24) is 15.2 Å². The highest BCUT2D eigenvalue weighted by molar-refractivity contribution is 5.84. The van der Waals surface area contributed by atoms with Crippen LogP contribution in [0.5, 0.6) is 0 Å². The SMILES string of the molecule is C=C1\C=C/C(c2cn[nH]c2-c2cccc(C)n2)=C/C=C/C1=C/C(=C\C)C/C(=C/[C@H](C)CC)CCC. The number of hydrogen-bond donors (Lipinski definition) is 1. The van der Waals surface area contributed by atoms with E-state index >= 15 is 0 Å². The summed E-state index contributed by atoms with van der Waals surface area (Å²) < 4.78 is 0. The summed E-state index contributed by atoms with van der Waals surface area (Å²) in [5, 5.41) is 7.42. The maximum atomic E-state index is 4.66. The topological polar surface area (TPSA) is 41.6 Å². The minimum Gasteiger partial charge on any atom is -0.276 e. The number of nitrogens with zero attached hydrogens (tertiary/aromatic N) is 2. The molecule has 3 rings (SSSR count). The van der Waals surface area contributed by atoms with Crippen LogP contribution in [0.25, 0.3) is 17.0 Å². The lowest BCUT2D eigenvalue weighted by Crippen LogP contribution is -1.94. The Labute approximate surface area is 211 Å². The van der Waals surface area contributed by atoms with Crippen molar-refractivity contribution in [2.24, 2.45) is 5.92 Å². The summed E-state index contributed by atoms with van der Waals surface area (Å²) in [6.45, 7) is 15.3. The highest BCUT2D eigenvalue weighted by Crippen LogP contribution is 2.29. The molecule has 2 aromatic heterocycles. The number of nitrogens with one attached hydrogen (secondary N) is 1. The van der Waals surface area contributed by atoms with Crippen molar-refractivity contribution in [3.63, 3.8) is 0 Å². The van der Waals surface area contributed by atoms with Crippen LogP contribution in [0.2, 0.25) is 0 Å². The van der Waals surface area contributed by atoms with Gasteiger partial charge in [0, 0.05) is 11.3 Å². The predicted octanol–water partition coefficient (Wildman–Crippen LogP) is 8.88. The Morgan fingerprint density at radius 3 is 2.71 bits per heavy atom. The zero-order chi connectivity index (χ0) is 25.2. The molecule has 1 N–H and O–H groups in total. The highest BCUT2D eigenvalue weighted by atomic mass is 15.1. The fraction of sp³-hybridized carbons (Fsp3) is 0.312. The molecule has 1 aliphatic carbocycles. The Bertz CT molecular complexity index is 1210. The first-order valence-corrected chi connectivity index (χ1v) is 12.7. The van der Waals surface area contributed by atoms with Gasteiger partial charge in [0.25, 0.3) is 0 Å². The van der Waals surface area contributed by atoms with E-state index in [0.717, 1.165) is 52.2 Å². The van der Waals surface area contributed by atoms with Crippen molar-refractivity contribution in [3.05, 3.63) is 113 Å². The van der Waals surface area contributed by atoms with E-state index in [1.165, 1.54) is 24.0 Å². The number of hydrogen-bond acceptors (Lipinski definition) is 2. The first-order chi connectivity index (χ1) is 16.9. The van der Waals surface area contributed by atoms with Gasteiger partial charge in [-0.2, -0.15) is 5.10 Å². The monoisotopic (exact) mass is 465 g/mol. The van der Waals surface area contributed by atoms with Gasteiger partial charge in [-0.05, 0) is 67.0 Å². The Morgan fingerprint density at radius 2 is 2.00 bits per heavy atom. The quantitative estimate of drug-likeness (QED) is 0.376. The summed E-state index contributed by atoms with van der Waals surface area (Å²) in [7, 11) is 0. The van der Waals surface area contributed by atoms with Gasteiger partial charge >= 0.3 is 0 Å². The van der Waals surface area contributed by atoms with E-state index in [1.807, 2.05) is 31.3 Å².